The van der Waals surface area contributed by atoms with Crippen molar-refractivity contribution in [3.8, 4) is 11.3 Å². The van der Waals surface area contributed by atoms with Gasteiger partial charge in [0.25, 0.3) is 0 Å². The summed E-state index contributed by atoms with van der Waals surface area (Å²) >= 11 is 0. The molecule has 0 atom stereocenters. The van der Waals surface area contributed by atoms with Crippen LogP contribution in [0.4, 0.5) is 14.6 Å². The third-order valence-corrected chi connectivity index (χ3v) is 3.46. The maximum Gasteiger partial charge on any atom is 0.135 e. The molecule has 21 heavy (non-hydrogen) atoms. The molecular formula is C16H17F2N3. The van der Waals surface area contributed by atoms with Gasteiger partial charge in [0.05, 0.1) is 11.3 Å². The second-order valence-corrected chi connectivity index (χ2v) is 5.29. The highest BCUT2D eigenvalue weighted by Gasteiger charge is 2.28. The highest BCUT2D eigenvalue weighted by Crippen LogP contribution is 2.39. The maximum absolute atomic E-state index is 13.9. The lowest BCUT2D eigenvalue weighted by molar-refractivity contribution is 0.588. The van der Waals surface area contributed by atoms with Crippen molar-refractivity contribution in [2.75, 3.05) is 11.9 Å². The normalized spacial score (nSPS) is 14.2. The van der Waals surface area contributed by atoms with Gasteiger partial charge in [-0.1, -0.05) is 13.0 Å². The van der Waals surface area contributed by atoms with E-state index >= 15 is 0 Å². The number of halogens is 2. The van der Waals surface area contributed by atoms with Gasteiger partial charge in [0.1, 0.15) is 23.3 Å². The van der Waals surface area contributed by atoms with Crippen LogP contribution in [0.3, 0.4) is 0 Å². The monoisotopic (exact) mass is 289 g/mol. The molecule has 1 heterocycles. The molecule has 0 spiro atoms. The molecule has 0 bridgehead atoms. The first-order valence-corrected chi connectivity index (χ1v) is 7.26. The van der Waals surface area contributed by atoms with Crippen molar-refractivity contribution in [1.29, 1.82) is 0 Å². The van der Waals surface area contributed by atoms with Crippen molar-refractivity contribution in [3.63, 3.8) is 0 Å². The van der Waals surface area contributed by atoms with Crippen LogP contribution in [0.15, 0.2) is 24.3 Å². The summed E-state index contributed by atoms with van der Waals surface area (Å²) in [6, 6.07) is 5.46. The summed E-state index contributed by atoms with van der Waals surface area (Å²) in [4.78, 5) is 8.81. The van der Waals surface area contributed by atoms with Gasteiger partial charge in [0.15, 0.2) is 0 Å². The van der Waals surface area contributed by atoms with Crippen LogP contribution < -0.4 is 5.32 Å². The van der Waals surface area contributed by atoms with Crippen molar-refractivity contribution in [2.24, 2.45) is 0 Å². The molecule has 3 rings (SSSR count). The summed E-state index contributed by atoms with van der Waals surface area (Å²) < 4.78 is 27.9. The van der Waals surface area contributed by atoms with Crippen LogP contribution in [-0.4, -0.2) is 16.5 Å². The number of nitrogens with one attached hydrogen (secondary N) is 1. The molecule has 1 aliphatic rings. The van der Waals surface area contributed by atoms with Gasteiger partial charge in [-0.25, -0.2) is 18.7 Å². The SMILES string of the molecule is CCCNc1cc(-c2c(F)cccc2F)nc(C2CC2)n1. The Hall–Kier alpha value is -2.04. The number of anilines is 1. The molecule has 1 N–H and O–H groups in total. The fourth-order valence-corrected chi connectivity index (χ4v) is 2.20. The van der Waals surface area contributed by atoms with E-state index in [1.54, 1.807) is 6.07 Å². The zero-order chi connectivity index (χ0) is 14.8. The quantitative estimate of drug-likeness (QED) is 0.899. The van der Waals surface area contributed by atoms with Crippen molar-refractivity contribution in [3.05, 3.63) is 41.7 Å². The minimum Gasteiger partial charge on any atom is -0.370 e. The minimum absolute atomic E-state index is 0.0821. The zero-order valence-corrected chi connectivity index (χ0v) is 11.9. The van der Waals surface area contributed by atoms with Crippen LogP contribution in [0.5, 0.6) is 0 Å². The van der Waals surface area contributed by atoms with E-state index in [9.17, 15) is 8.78 Å². The summed E-state index contributed by atoms with van der Waals surface area (Å²) in [5.74, 6) is 0.427. The van der Waals surface area contributed by atoms with Crippen LogP contribution in [0.25, 0.3) is 11.3 Å². The van der Waals surface area contributed by atoms with Crippen LogP contribution >= 0.6 is 0 Å². The second kappa shape index (κ2) is 5.76. The Kier molecular flexibility index (Phi) is 3.82. The summed E-state index contributed by atoms with van der Waals surface area (Å²) in [5, 5.41) is 3.17. The number of rotatable bonds is 5. The van der Waals surface area contributed by atoms with Crippen molar-refractivity contribution >= 4 is 5.82 Å². The Balaban J connectivity index is 2.06. The molecule has 2 aromatic rings. The van der Waals surface area contributed by atoms with Gasteiger partial charge in [0, 0.05) is 18.5 Å². The van der Waals surface area contributed by atoms with Crippen LogP contribution in [0.1, 0.15) is 37.9 Å². The van der Waals surface area contributed by atoms with E-state index in [0.29, 0.717) is 23.3 Å². The standard InChI is InChI=1S/C16H17F2N3/c1-2-8-19-14-9-13(20-16(21-14)10-6-7-10)15-11(17)4-3-5-12(15)18/h3-5,9-10H,2,6-8H2,1H3,(H,19,20,21). The van der Waals surface area contributed by atoms with Gasteiger partial charge < -0.3 is 5.32 Å². The summed E-state index contributed by atoms with van der Waals surface area (Å²) in [5.41, 5.74) is 0.224. The van der Waals surface area contributed by atoms with Crippen LogP contribution in [0, 0.1) is 11.6 Å². The number of hydrogen-bond donors (Lipinski definition) is 1. The Labute approximate surface area is 122 Å². The average molecular weight is 289 g/mol. The first kappa shape index (κ1) is 13.9. The zero-order valence-electron chi connectivity index (χ0n) is 11.9. The van der Waals surface area contributed by atoms with Crippen LogP contribution in [0.2, 0.25) is 0 Å². The molecule has 5 heteroatoms. The molecule has 1 aliphatic carbocycles. The molecule has 0 saturated heterocycles. The molecule has 3 nitrogen and oxygen atoms in total. The van der Waals surface area contributed by atoms with E-state index in [4.69, 9.17) is 0 Å². The number of benzene rings is 1. The van der Waals surface area contributed by atoms with Crippen molar-refractivity contribution < 1.29 is 8.78 Å². The lowest BCUT2D eigenvalue weighted by Gasteiger charge is -2.10. The van der Waals surface area contributed by atoms with Gasteiger partial charge in [-0.2, -0.15) is 0 Å². The fraction of sp³-hybridized carbons (Fsp3) is 0.375. The molecular weight excluding hydrogens is 272 g/mol. The Morgan fingerprint density at radius 3 is 2.52 bits per heavy atom. The first-order valence-electron chi connectivity index (χ1n) is 7.26. The van der Waals surface area contributed by atoms with Gasteiger partial charge in [-0.05, 0) is 31.4 Å². The van der Waals surface area contributed by atoms with E-state index in [0.717, 1.165) is 25.8 Å². The van der Waals surface area contributed by atoms with E-state index in [1.165, 1.54) is 18.2 Å². The largest absolute Gasteiger partial charge is 0.370 e. The summed E-state index contributed by atoms with van der Waals surface area (Å²) in [6.07, 6.45) is 3.03. The molecule has 0 radical (unpaired) electrons. The van der Waals surface area contributed by atoms with Crippen molar-refractivity contribution in [1.82, 2.24) is 9.97 Å². The minimum atomic E-state index is -0.600. The van der Waals surface area contributed by atoms with Crippen LogP contribution in [-0.2, 0) is 0 Å². The predicted octanol–water partition coefficient (Wildman–Crippen LogP) is 4.12. The Morgan fingerprint density at radius 2 is 1.90 bits per heavy atom. The van der Waals surface area contributed by atoms with E-state index in [1.807, 2.05) is 6.92 Å². The van der Waals surface area contributed by atoms with E-state index in [2.05, 4.69) is 15.3 Å². The Morgan fingerprint density at radius 1 is 1.19 bits per heavy atom. The number of aromatic nitrogens is 2. The lowest BCUT2D eigenvalue weighted by atomic mass is 10.1. The third kappa shape index (κ3) is 3.01. The first-order chi connectivity index (χ1) is 10.2. The van der Waals surface area contributed by atoms with E-state index in [-0.39, 0.29) is 5.56 Å². The molecule has 1 fully saturated rings. The molecule has 0 amide bonds. The molecule has 1 aromatic heterocycles. The summed E-state index contributed by atoms with van der Waals surface area (Å²) in [6.45, 7) is 2.81. The fourth-order valence-electron chi connectivity index (χ4n) is 2.20. The molecule has 0 aliphatic heterocycles. The third-order valence-electron chi connectivity index (χ3n) is 3.46. The molecule has 110 valence electrons. The lowest BCUT2D eigenvalue weighted by Crippen LogP contribution is -2.06. The topological polar surface area (TPSA) is 37.8 Å². The van der Waals surface area contributed by atoms with Crippen molar-refractivity contribution in [2.45, 2.75) is 32.1 Å². The molecule has 1 aromatic carbocycles. The predicted molar refractivity (Wildman–Crippen MR) is 78.1 cm³/mol. The highest BCUT2D eigenvalue weighted by atomic mass is 19.1. The van der Waals surface area contributed by atoms with Gasteiger partial charge in [0.2, 0.25) is 0 Å². The maximum atomic E-state index is 13.9. The molecule has 1 saturated carbocycles. The Bertz CT molecular complexity index is 634. The van der Waals surface area contributed by atoms with Gasteiger partial charge in [-0.15, -0.1) is 0 Å². The summed E-state index contributed by atoms with van der Waals surface area (Å²) in [7, 11) is 0. The van der Waals surface area contributed by atoms with Gasteiger partial charge in [-0.3, -0.25) is 0 Å². The van der Waals surface area contributed by atoms with Gasteiger partial charge >= 0.3 is 0 Å². The molecule has 0 unspecified atom stereocenters. The highest BCUT2D eigenvalue weighted by molar-refractivity contribution is 5.64. The second-order valence-electron chi connectivity index (χ2n) is 5.29. The number of nitrogens with zero attached hydrogens (tertiary/aromatic N) is 2. The van der Waals surface area contributed by atoms with E-state index < -0.39 is 11.6 Å². The number of hydrogen-bond acceptors (Lipinski definition) is 3. The average Bonchev–Trinajstić information content (AvgIpc) is 3.29. The smallest absolute Gasteiger partial charge is 0.135 e.